The van der Waals surface area contributed by atoms with E-state index in [1.807, 2.05) is 0 Å². The second-order valence-corrected chi connectivity index (χ2v) is 10.6. The van der Waals surface area contributed by atoms with Crippen LogP contribution in [0.2, 0.25) is 0 Å². The minimum Gasteiger partial charge on any atom is -0.460 e. The van der Waals surface area contributed by atoms with Crippen molar-refractivity contribution in [2.24, 2.45) is 0 Å². The van der Waals surface area contributed by atoms with Gasteiger partial charge >= 0.3 is 24.1 Å². The van der Waals surface area contributed by atoms with Crippen LogP contribution < -0.4 is 10.6 Å². The first-order chi connectivity index (χ1) is 15.5. The monoisotopic (exact) mass is 596 g/mol. The Morgan fingerprint density at radius 1 is 0.853 bits per heavy atom. The number of nitrogens with zero attached hydrogens (tertiary/aromatic N) is 1. The van der Waals surface area contributed by atoms with Gasteiger partial charge in [0.05, 0.1) is 12.1 Å². The van der Waals surface area contributed by atoms with Gasteiger partial charge in [-0.3, -0.25) is 5.10 Å². The van der Waals surface area contributed by atoms with E-state index in [9.17, 15) is 19.2 Å². The van der Waals surface area contributed by atoms with Crippen LogP contribution in [0.1, 0.15) is 76.2 Å². The second kappa shape index (κ2) is 12.2. The third-order valence-corrected chi connectivity index (χ3v) is 4.36. The van der Waals surface area contributed by atoms with Gasteiger partial charge in [-0.25, -0.2) is 19.2 Å². The van der Waals surface area contributed by atoms with Crippen LogP contribution in [0.4, 0.5) is 9.59 Å². The highest BCUT2D eigenvalue weighted by Crippen LogP contribution is 2.17. The van der Waals surface area contributed by atoms with Gasteiger partial charge in [0.25, 0.3) is 0 Å². The van der Waals surface area contributed by atoms with Crippen molar-refractivity contribution in [3.05, 3.63) is 15.0 Å². The Kier molecular flexibility index (Phi) is 10.6. The van der Waals surface area contributed by atoms with Gasteiger partial charge in [-0.1, -0.05) is 0 Å². The lowest BCUT2D eigenvalue weighted by atomic mass is 10.2. The molecule has 2 atom stereocenters. The van der Waals surface area contributed by atoms with Crippen molar-refractivity contribution in [3.8, 4) is 0 Å². The second-order valence-electron chi connectivity index (χ2n) is 9.55. The molecule has 0 aromatic carbocycles. The molecule has 1 aromatic rings. The highest BCUT2D eigenvalue weighted by atomic mass is 127. The number of carbonyl (C=O) groups excluding carboxylic acids is 4. The fourth-order valence-corrected chi connectivity index (χ4v) is 2.89. The lowest BCUT2D eigenvalue weighted by Crippen LogP contribution is -2.40. The van der Waals surface area contributed by atoms with Gasteiger partial charge in [0.1, 0.15) is 33.7 Å². The molecule has 1 rings (SSSR count). The molecule has 0 aliphatic rings. The van der Waals surface area contributed by atoms with Crippen LogP contribution in [0.15, 0.2) is 0 Å². The molecule has 34 heavy (non-hydrogen) atoms. The molecule has 1 heterocycles. The molecule has 0 fully saturated rings. The van der Waals surface area contributed by atoms with E-state index in [2.05, 4.69) is 20.8 Å². The van der Waals surface area contributed by atoms with E-state index in [-0.39, 0.29) is 28.2 Å². The Balaban J connectivity index is 2.64. The van der Waals surface area contributed by atoms with Gasteiger partial charge in [-0.15, -0.1) is 0 Å². The highest BCUT2D eigenvalue weighted by Gasteiger charge is 2.28. The van der Waals surface area contributed by atoms with Crippen LogP contribution in [-0.2, 0) is 18.9 Å². The number of alkyl carbamates (subject to hydrolysis) is 2. The standard InChI is InChI=1S/C21H33IN4O8/c1-11(23-18(29)33-20(3,4)5)9-31-16(27)13-14(25-26-15(13)22)17(28)32-10-12(2)24-19(30)34-21(6,7)8/h11-12H,9-10H2,1-8H3,(H,23,29)(H,24,30)(H,25,26). The minimum atomic E-state index is -0.871. The first-order valence-corrected chi connectivity index (χ1v) is 11.6. The predicted molar refractivity (Wildman–Crippen MR) is 130 cm³/mol. The van der Waals surface area contributed by atoms with Gasteiger partial charge in [0.15, 0.2) is 5.69 Å². The topological polar surface area (TPSA) is 158 Å². The van der Waals surface area contributed by atoms with Crippen molar-refractivity contribution in [3.63, 3.8) is 0 Å². The molecule has 0 saturated carbocycles. The third-order valence-electron chi connectivity index (χ3n) is 3.57. The zero-order valence-corrected chi connectivity index (χ0v) is 22.8. The number of esters is 2. The quantitative estimate of drug-likeness (QED) is 0.233. The molecule has 2 amide bonds. The molecule has 12 nitrogen and oxygen atoms in total. The summed E-state index contributed by atoms with van der Waals surface area (Å²) in [4.78, 5) is 48.7. The maximum atomic E-state index is 12.6. The van der Waals surface area contributed by atoms with E-state index in [4.69, 9.17) is 18.9 Å². The maximum Gasteiger partial charge on any atom is 0.407 e. The normalized spacial score (nSPS) is 13.3. The van der Waals surface area contributed by atoms with E-state index in [0.717, 1.165) is 0 Å². The van der Waals surface area contributed by atoms with E-state index in [1.165, 1.54) is 0 Å². The Morgan fingerprint density at radius 2 is 1.26 bits per heavy atom. The lowest BCUT2D eigenvalue weighted by Gasteiger charge is -2.22. The van der Waals surface area contributed by atoms with Crippen LogP contribution in [-0.4, -0.2) is 70.8 Å². The molecule has 0 spiro atoms. The van der Waals surface area contributed by atoms with Crippen LogP contribution in [0.5, 0.6) is 0 Å². The number of carbonyl (C=O) groups is 4. The summed E-state index contributed by atoms with van der Waals surface area (Å²) >= 11 is 1.80. The third kappa shape index (κ3) is 11.0. The molecule has 192 valence electrons. The van der Waals surface area contributed by atoms with E-state index in [0.29, 0.717) is 0 Å². The molecule has 13 heteroatoms. The number of hydrogen-bond donors (Lipinski definition) is 3. The maximum absolute atomic E-state index is 12.6. The van der Waals surface area contributed by atoms with E-state index < -0.39 is 47.4 Å². The van der Waals surface area contributed by atoms with Crippen molar-refractivity contribution in [2.75, 3.05) is 13.2 Å². The summed E-state index contributed by atoms with van der Waals surface area (Å²) in [5, 5.41) is 11.5. The van der Waals surface area contributed by atoms with Gasteiger partial charge in [-0.2, -0.15) is 5.10 Å². The van der Waals surface area contributed by atoms with Crippen molar-refractivity contribution >= 4 is 46.7 Å². The Bertz CT molecular complexity index is 888. The summed E-state index contributed by atoms with van der Waals surface area (Å²) in [5.74, 6) is -1.69. The van der Waals surface area contributed by atoms with Crippen LogP contribution in [0, 0.1) is 3.70 Å². The fraction of sp³-hybridized carbons (Fsp3) is 0.667. The number of aromatic amines is 1. The van der Waals surface area contributed by atoms with Gasteiger partial charge in [0.2, 0.25) is 0 Å². The van der Waals surface area contributed by atoms with Crippen molar-refractivity contribution < 1.29 is 38.1 Å². The average molecular weight is 596 g/mol. The predicted octanol–water partition coefficient (Wildman–Crippen LogP) is 3.15. The molecule has 0 aliphatic heterocycles. The minimum absolute atomic E-state index is 0.0946. The van der Waals surface area contributed by atoms with Crippen LogP contribution in [0.3, 0.4) is 0 Å². The summed E-state index contributed by atoms with van der Waals surface area (Å²) < 4.78 is 21.0. The zero-order chi connectivity index (χ0) is 26.3. The molecule has 0 saturated heterocycles. The lowest BCUT2D eigenvalue weighted by molar-refractivity contribution is 0.0355. The molecule has 0 radical (unpaired) electrons. The molecule has 0 aliphatic carbocycles. The Morgan fingerprint density at radius 3 is 1.68 bits per heavy atom. The number of hydrogen-bond acceptors (Lipinski definition) is 9. The van der Waals surface area contributed by atoms with Gasteiger partial charge in [0, 0.05) is 0 Å². The highest BCUT2D eigenvalue weighted by molar-refractivity contribution is 14.1. The first kappa shape index (κ1) is 29.5. The molecular formula is C21H33IN4O8. The Hall–Kier alpha value is -2.58. The summed E-state index contributed by atoms with van der Waals surface area (Å²) in [7, 11) is 0. The number of halogens is 1. The molecule has 2 unspecified atom stereocenters. The molecule has 0 bridgehead atoms. The van der Waals surface area contributed by atoms with Crippen molar-refractivity contribution in [1.82, 2.24) is 20.8 Å². The fourth-order valence-electron chi connectivity index (χ4n) is 2.30. The van der Waals surface area contributed by atoms with Crippen LogP contribution in [0.25, 0.3) is 0 Å². The number of ether oxygens (including phenoxy) is 4. The summed E-state index contributed by atoms with van der Waals surface area (Å²) in [6, 6.07) is -1.09. The first-order valence-electron chi connectivity index (χ1n) is 10.6. The van der Waals surface area contributed by atoms with Crippen LogP contribution >= 0.6 is 22.6 Å². The summed E-state index contributed by atoms with van der Waals surface area (Å²) in [6.45, 7) is 13.3. The number of H-pyrrole nitrogens is 1. The largest absolute Gasteiger partial charge is 0.460 e. The number of amides is 2. The molecule has 3 N–H and O–H groups in total. The van der Waals surface area contributed by atoms with Crippen molar-refractivity contribution in [2.45, 2.75) is 78.7 Å². The summed E-state index contributed by atoms with van der Waals surface area (Å²) in [5.41, 5.74) is -1.68. The zero-order valence-electron chi connectivity index (χ0n) is 20.7. The van der Waals surface area contributed by atoms with Gasteiger partial charge < -0.3 is 29.6 Å². The average Bonchev–Trinajstić information content (AvgIpc) is 3.02. The molecule has 1 aromatic heterocycles. The number of aromatic nitrogens is 2. The number of nitrogens with one attached hydrogen (secondary N) is 3. The Labute approximate surface area is 212 Å². The van der Waals surface area contributed by atoms with Gasteiger partial charge in [-0.05, 0) is 78.0 Å². The molecular weight excluding hydrogens is 563 g/mol. The number of rotatable bonds is 8. The van der Waals surface area contributed by atoms with E-state index >= 15 is 0 Å². The smallest absolute Gasteiger partial charge is 0.407 e. The summed E-state index contributed by atoms with van der Waals surface area (Å²) in [6.07, 6.45) is -1.30. The van der Waals surface area contributed by atoms with E-state index in [1.54, 1.807) is 78.0 Å². The SMILES string of the molecule is CC(COC(=O)c1n[nH]c(I)c1C(=O)OCC(C)NC(=O)OC(C)(C)C)NC(=O)OC(C)(C)C. The van der Waals surface area contributed by atoms with Crippen molar-refractivity contribution in [1.29, 1.82) is 0 Å².